The molecule has 1 aromatic rings. The van der Waals surface area contributed by atoms with Crippen molar-refractivity contribution in [1.82, 2.24) is 0 Å². The van der Waals surface area contributed by atoms with Crippen molar-refractivity contribution in [2.45, 2.75) is 6.42 Å². The number of Topliss-reactive ketones (excluding diaryl/α,β-unsaturated/α-hetero) is 1. The Balaban J connectivity index is 2.59. The minimum Gasteiger partial charge on any atom is -0.324 e. The normalized spacial score (nSPS) is 9.73. The first-order chi connectivity index (χ1) is 7.13. The molecule has 0 heterocycles. The highest BCUT2D eigenvalue weighted by atomic mass is 35.5. The molecule has 1 rings (SSSR count). The Morgan fingerprint density at radius 3 is 2.53 bits per heavy atom. The second-order valence-electron chi connectivity index (χ2n) is 2.88. The van der Waals surface area contributed by atoms with Crippen molar-refractivity contribution in [2.75, 3.05) is 11.2 Å². The summed E-state index contributed by atoms with van der Waals surface area (Å²) in [6.07, 6.45) is -0.227. The molecular formula is C10H9Cl2NO2. The maximum atomic E-state index is 11.3. The van der Waals surface area contributed by atoms with Crippen molar-refractivity contribution < 1.29 is 9.59 Å². The fraction of sp³-hybridized carbons (Fsp3) is 0.200. The molecule has 0 aromatic heterocycles. The van der Waals surface area contributed by atoms with Crippen LogP contribution in [0.3, 0.4) is 0 Å². The van der Waals surface area contributed by atoms with Crippen LogP contribution < -0.4 is 5.32 Å². The molecule has 1 N–H and O–H groups in total. The minimum atomic E-state index is -0.409. The number of carbonyl (C=O) groups excluding carboxylic acids is 2. The molecule has 0 spiro atoms. The van der Waals surface area contributed by atoms with Crippen molar-refractivity contribution in [3.05, 3.63) is 29.3 Å². The van der Waals surface area contributed by atoms with E-state index in [0.717, 1.165) is 0 Å². The Kier molecular flexibility index (Phi) is 4.59. The van der Waals surface area contributed by atoms with Crippen LogP contribution in [-0.2, 0) is 9.59 Å². The molecule has 0 atom stereocenters. The molecule has 3 nitrogen and oxygen atoms in total. The van der Waals surface area contributed by atoms with Crippen LogP contribution in [0.2, 0.25) is 5.02 Å². The van der Waals surface area contributed by atoms with Gasteiger partial charge in [0.15, 0.2) is 5.78 Å². The Morgan fingerprint density at radius 1 is 1.27 bits per heavy atom. The number of hydrogen-bond acceptors (Lipinski definition) is 2. The summed E-state index contributed by atoms with van der Waals surface area (Å²) in [7, 11) is 0. The van der Waals surface area contributed by atoms with Gasteiger partial charge >= 0.3 is 0 Å². The summed E-state index contributed by atoms with van der Waals surface area (Å²) >= 11 is 11.1. The largest absolute Gasteiger partial charge is 0.324 e. The van der Waals surface area contributed by atoms with Gasteiger partial charge in [-0.2, -0.15) is 0 Å². The first-order valence-electron chi connectivity index (χ1n) is 4.25. The second-order valence-corrected chi connectivity index (χ2v) is 3.55. The predicted octanol–water partition coefficient (Wildman–Crippen LogP) is 2.48. The lowest BCUT2D eigenvalue weighted by atomic mass is 10.2. The quantitative estimate of drug-likeness (QED) is 0.655. The van der Waals surface area contributed by atoms with E-state index in [-0.39, 0.29) is 18.1 Å². The van der Waals surface area contributed by atoms with Crippen molar-refractivity contribution in [2.24, 2.45) is 0 Å². The second kappa shape index (κ2) is 5.73. The van der Waals surface area contributed by atoms with Crippen LogP contribution in [0.1, 0.15) is 6.42 Å². The summed E-state index contributed by atoms with van der Waals surface area (Å²) in [5.74, 6) is -0.884. The topological polar surface area (TPSA) is 46.2 Å². The maximum absolute atomic E-state index is 11.3. The Bertz CT molecular complexity index is 379. The third kappa shape index (κ3) is 3.90. The summed E-state index contributed by atoms with van der Waals surface area (Å²) in [6.45, 7) is 0. The zero-order valence-corrected chi connectivity index (χ0v) is 9.31. The van der Waals surface area contributed by atoms with Gasteiger partial charge in [0.25, 0.3) is 0 Å². The monoisotopic (exact) mass is 245 g/mol. The molecule has 15 heavy (non-hydrogen) atoms. The van der Waals surface area contributed by atoms with E-state index in [0.29, 0.717) is 10.7 Å². The third-order valence-electron chi connectivity index (χ3n) is 1.65. The van der Waals surface area contributed by atoms with Crippen molar-refractivity contribution in [3.8, 4) is 0 Å². The first-order valence-corrected chi connectivity index (χ1v) is 5.16. The van der Waals surface area contributed by atoms with Gasteiger partial charge in [0.1, 0.15) is 0 Å². The van der Waals surface area contributed by atoms with Crippen molar-refractivity contribution >= 4 is 40.6 Å². The van der Waals surface area contributed by atoms with E-state index in [1.807, 2.05) is 0 Å². The smallest absolute Gasteiger partial charge is 0.231 e. The lowest BCUT2D eigenvalue weighted by Gasteiger charge is -2.05. The van der Waals surface area contributed by atoms with Gasteiger partial charge in [-0.05, 0) is 12.1 Å². The molecule has 1 aromatic carbocycles. The van der Waals surface area contributed by atoms with E-state index in [1.54, 1.807) is 24.3 Å². The average molecular weight is 246 g/mol. The van der Waals surface area contributed by atoms with Crippen LogP contribution in [0.4, 0.5) is 5.69 Å². The van der Waals surface area contributed by atoms with Crippen molar-refractivity contribution in [3.63, 3.8) is 0 Å². The fourth-order valence-electron chi connectivity index (χ4n) is 0.983. The van der Waals surface area contributed by atoms with Crippen LogP contribution in [0.5, 0.6) is 0 Å². The summed E-state index contributed by atoms with van der Waals surface area (Å²) in [4.78, 5) is 22.2. The number of benzene rings is 1. The number of halogens is 2. The van der Waals surface area contributed by atoms with E-state index in [1.165, 1.54) is 0 Å². The van der Waals surface area contributed by atoms with Gasteiger partial charge in [-0.3, -0.25) is 9.59 Å². The number of para-hydroxylation sites is 1. The SMILES string of the molecule is O=C(CCl)CC(=O)Nc1ccccc1Cl. The number of hydrogen-bond donors (Lipinski definition) is 1. The van der Waals surface area contributed by atoms with Crippen LogP contribution in [0.15, 0.2) is 24.3 Å². The van der Waals surface area contributed by atoms with Crippen molar-refractivity contribution in [1.29, 1.82) is 0 Å². The molecule has 1 amide bonds. The van der Waals surface area contributed by atoms with Crippen LogP contribution in [0, 0.1) is 0 Å². The summed E-state index contributed by atoms with van der Waals surface area (Å²) in [5, 5.41) is 2.96. The van der Waals surface area contributed by atoms with Crippen LogP contribution in [-0.4, -0.2) is 17.6 Å². The zero-order chi connectivity index (χ0) is 11.3. The minimum absolute atomic E-state index is 0.157. The van der Waals surface area contributed by atoms with Gasteiger partial charge in [-0.25, -0.2) is 0 Å². The van der Waals surface area contributed by atoms with Gasteiger partial charge in [-0.1, -0.05) is 23.7 Å². The molecule has 0 aliphatic rings. The number of ketones is 1. The number of alkyl halides is 1. The zero-order valence-electron chi connectivity index (χ0n) is 7.80. The van der Waals surface area contributed by atoms with Gasteiger partial charge in [0.05, 0.1) is 23.0 Å². The van der Waals surface area contributed by atoms with E-state index < -0.39 is 5.91 Å². The molecule has 5 heteroatoms. The molecule has 0 unspecified atom stereocenters. The van der Waals surface area contributed by atoms with Crippen LogP contribution >= 0.6 is 23.2 Å². The number of nitrogens with one attached hydrogen (secondary N) is 1. The molecule has 0 saturated heterocycles. The maximum Gasteiger partial charge on any atom is 0.231 e. The lowest BCUT2D eigenvalue weighted by Crippen LogP contribution is -2.17. The molecule has 0 fully saturated rings. The van der Waals surface area contributed by atoms with Gasteiger partial charge in [-0.15, -0.1) is 11.6 Å². The first kappa shape index (κ1) is 12.0. The average Bonchev–Trinajstić information content (AvgIpc) is 2.21. The van der Waals surface area contributed by atoms with Gasteiger partial charge in [0, 0.05) is 0 Å². The van der Waals surface area contributed by atoms with E-state index in [9.17, 15) is 9.59 Å². The predicted molar refractivity (Wildman–Crippen MR) is 60.4 cm³/mol. The highest BCUT2D eigenvalue weighted by Gasteiger charge is 2.09. The Morgan fingerprint density at radius 2 is 1.93 bits per heavy atom. The van der Waals surface area contributed by atoms with Gasteiger partial charge < -0.3 is 5.32 Å². The summed E-state index contributed by atoms with van der Waals surface area (Å²) in [6, 6.07) is 6.80. The molecule has 80 valence electrons. The Hall–Kier alpha value is -1.06. The number of carbonyl (C=O) groups is 2. The third-order valence-corrected chi connectivity index (χ3v) is 2.28. The van der Waals surface area contributed by atoms with E-state index >= 15 is 0 Å². The number of anilines is 1. The highest BCUT2D eigenvalue weighted by Crippen LogP contribution is 2.20. The lowest BCUT2D eigenvalue weighted by molar-refractivity contribution is -0.124. The molecular weight excluding hydrogens is 237 g/mol. The number of amides is 1. The standard InChI is InChI=1S/C10H9Cl2NO2/c11-6-7(14)5-10(15)13-9-4-2-1-3-8(9)12/h1-4H,5-6H2,(H,13,15). The fourth-order valence-corrected chi connectivity index (χ4v) is 1.26. The summed E-state index contributed by atoms with van der Waals surface area (Å²) < 4.78 is 0. The van der Waals surface area contributed by atoms with E-state index in [2.05, 4.69) is 5.32 Å². The molecule has 0 radical (unpaired) electrons. The molecule has 0 aliphatic heterocycles. The molecule has 0 aliphatic carbocycles. The highest BCUT2D eigenvalue weighted by molar-refractivity contribution is 6.34. The van der Waals surface area contributed by atoms with E-state index in [4.69, 9.17) is 23.2 Å². The Labute approximate surface area is 97.4 Å². The van der Waals surface area contributed by atoms with Crippen LogP contribution in [0.25, 0.3) is 0 Å². The van der Waals surface area contributed by atoms with Gasteiger partial charge in [0.2, 0.25) is 5.91 Å². The number of rotatable bonds is 4. The molecule has 0 saturated carbocycles. The molecule has 0 bridgehead atoms. The summed E-state index contributed by atoms with van der Waals surface area (Å²) in [5.41, 5.74) is 0.492.